The first kappa shape index (κ1) is 20.3. The van der Waals surface area contributed by atoms with Gasteiger partial charge >= 0.3 is 0 Å². The Balaban J connectivity index is 2.25. The SMILES string of the molecule is CC(=O)Nc1ccc(C(=O)NC(=Cc2cccc([N+](=O)[O-])c2)C(=O)NN)cc1. The zero-order valence-corrected chi connectivity index (χ0v) is 14.8. The highest BCUT2D eigenvalue weighted by molar-refractivity contribution is 6.05. The third-order valence-electron chi connectivity index (χ3n) is 3.48. The second-order valence-corrected chi connectivity index (χ2v) is 5.60. The second-order valence-electron chi connectivity index (χ2n) is 5.60. The minimum Gasteiger partial charge on any atom is -0.326 e. The third-order valence-corrected chi connectivity index (χ3v) is 3.48. The number of nitrogens with two attached hydrogens (primary N) is 1. The fourth-order valence-corrected chi connectivity index (χ4v) is 2.23. The minimum absolute atomic E-state index is 0.166. The van der Waals surface area contributed by atoms with Crippen LogP contribution in [0.15, 0.2) is 54.2 Å². The molecule has 0 aliphatic rings. The van der Waals surface area contributed by atoms with E-state index in [1.807, 2.05) is 5.43 Å². The van der Waals surface area contributed by atoms with E-state index in [-0.39, 0.29) is 22.9 Å². The number of hydrogen-bond acceptors (Lipinski definition) is 6. The molecule has 28 heavy (non-hydrogen) atoms. The van der Waals surface area contributed by atoms with Gasteiger partial charge in [-0.2, -0.15) is 0 Å². The van der Waals surface area contributed by atoms with Gasteiger partial charge in [0.25, 0.3) is 17.5 Å². The van der Waals surface area contributed by atoms with Gasteiger partial charge in [0.1, 0.15) is 5.70 Å². The summed E-state index contributed by atoms with van der Waals surface area (Å²) in [5.74, 6) is 3.51. The van der Waals surface area contributed by atoms with Crippen LogP contribution in [-0.2, 0) is 9.59 Å². The summed E-state index contributed by atoms with van der Waals surface area (Å²) in [6, 6.07) is 11.5. The third kappa shape index (κ3) is 5.47. The molecule has 10 heteroatoms. The first-order valence-corrected chi connectivity index (χ1v) is 7.96. The summed E-state index contributed by atoms with van der Waals surface area (Å²) in [7, 11) is 0. The van der Waals surface area contributed by atoms with Crippen LogP contribution in [0, 0.1) is 10.1 Å². The van der Waals surface area contributed by atoms with Crippen molar-refractivity contribution in [1.82, 2.24) is 10.7 Å². The van der Waals surface area contributed by atoms with Gasteiger partial charge in [-0.05, 0) is 35.9 Å². The van der Waals surface area contributed by atoms with E-state index in [0.717, 1.165) is 0 Å². The lowest BCUT2D eigenvalue weighted by atomic mass is 10.1. The molecule has 0 saturated carbocycles. The highest BCUT2D eigenvalue weighted by Gasteiger charge is 2.15. The van der Waals surface area contributed by atoms with E-state index < -0.39 is 16.7 Å². The smallest absolute Gasteiger partial charge is 0.281 e. The standard InChI is InChI=1S/C18H17N5O5/c1-11(24)20-14-7-5-13(6-8-14)17(25)21-16(18(26)22-19)10-12-3-2-4-15(9-12)23(27)28/h2-10H,19H2,1H3,(H,20,24)(H,21,25)(H,22,26). The van der Waals surface area contributed by atoms with Crippen molar-refractivity contribution in [3.05, 3.63) is 75.5 Å². The molecule has 0 fully saturated rings. The lowest BCUT2D eigenvalue weighted by molar-refractivity contribution is -0.384. The molecule has 2 aromatic rings. The molecule has 0 aromatic heterocycles. The maximum Gasteiger partial charge on any atom is 0.281 e. The van der Waals surface area contributed by atoms with Crippen molar-refractivity contribution in [2.45, 2.75) is 6.92 Å². The van der Waals surface area contributed by atoms with E-state index in [0.29, 0.717) is 11.3 Å². The van der Waals surface area contributed by atoms with Gasteiger partial charge in [-0.1, -0.05) is 12.1 Å². The van der Waals surface area contributed by atoms with Crippen molar-refractivity contribution in [2.24, 2.45) is 5.84 Å². The summed E-state index contributed by atoms with van der Waals surface area (Å²) in [6.45, 7) is 1.36. The molecular formula is C18H17N5O5. The maximum absolute atomic E-state index is 12.4. The Labute approximate surface area is 159 Å². The molecule has 2 rings (SSSR count). The van der Waals surface area contributed by atoms with Crippen molar-refractivity contribution < 1.29 is 19.3 Å². The lowest BCUT2D eigenvalue weighted by Crippen LogP contribution is -2.38. The fraction of sp³-hybridized carbons (Fsp3) is 0.0556. The summed E-state index contributed by atoms with van der Waals surface area (Å²) in [6.07, 6.45) is 1.26. The van der Waals surface area contributed by atoms with Gasteiger partial charge in [0, 0.05) is 30.3 Å². The van der Waals surface area contributed by atoms with Gasteiger partial charge in [0.2, 0.25) is 5.91 Å². The van der Waals surface area contributed by atoms with Crippen LogP contribution in [0.1, 0.15) is 22.8 Å². The van der Waals surface area contributed by atoms with Crippen LogP contribution in [0.3, 0.4) is 0 Å². The van der Waals surface area contributed by atoms with Crippen LogP contribution in [0.25, 0.3) is 6.08 Å². The summed E-state index contributed by atoms with van der Waals surface area (Å²) in [4.78, 5) is 45.7. The molecule has 3 amide bonds. The maximum atomic E-state index is 12.4. The fourth-order valence-electron chi connectivity index (χ4n) is 2.23. The number of nitrogens with one attached hydrogen (secondary N) is 3. The summed E-state index contributed by atoms with van der Waals surface area (Å²) >= 11 is 0. The number of carbonyl (C=O) groups is 3. The van der Waals surface area contributed by atoms with Gasteiger partial charge in [-0.3, -0.25) is 29.9 Å². The van der Waals surface area contributed by atoms with Crippen LogP contribution in [0.5, 0.6) is 0 Å². The predicted molar refractivity (Wildman–Crippen MR) is 102 cm³/mol. The number of hydrazine groups is 1. The monoisotopic (exact) mass is 383 g/mol. The summed E-state index contributed by atoms with van der Waals surface area (Å²) in [5.41, 5.74) is 2.61. The number of rotatable bonds is 6. The molecule has 0 unspecified atom stereocenters. The van der Waals surface area contributed by atoms with Crippen molar-refractivity contribution in [3.8, 4) is 0 Å². The van der Waals surface area contributed by atoms with Gasteiger partial charge < -0.3 is 10.6 Å². The van der Waals surface area contributed by atoms with Crippen LogP contribution < -0.4 is 21.9 Å². The minimum atomic E-state index is -0.783. The molecule has 0 heterocycles. The van der Waals surface area contributed by atoms with E-state index in [1.165, 1.54) is 61.5 Å². The van der Waals surface area contributed by atoms with Gasteiger partial charge in [-0.25, -0.2) is 5.84 Å². The highest BCUT2D eigenvalue weighted by Crippen LogP contribution is 2.16. The van der Waals surface area contributed by atoms with Crippen LogP contribution >= 0.6 is 0 Å². The molecule has 5 N–H and O–H groups in total. The van der Waals surface area contributed by atoms with E-state index in [4.69, 9.17) is 5.84 Å². The van der Waals surface area contributed by atoms with Crippen molar-refractivity contribution in [1.29, 1.82) is 0 Å². The number of carbonyl (C=O) groups excluding carboxylic acids is 3. The Kier molecular flexibility index (Phi) is 6.55. The summed E-state index contributed by atoms with van der Waals surface area (Å²) in [5, 5.41) is 15.9. The predicted octanol–water partition coefficient (Wildman–Crippen LogP) is 1.31. The Morgan fingerprint density at radius 1 is 1.11 bits per heavy atom. The first-order valence-electron chi connectivity index (χ1n) is 7.96. The Morgan fingerprint density at radius 2 is 1.79 bits per heavy atom. The molecule has 10 nitrogen and oxygen atoms in total. The zero-order chi connectivity index (χ0) is 20.7. The number of nitro groups is 1. The van der Waals surface area contributed by atoms with Crippen LogP contribution in [-0.4, -0.2) is 22.6 Å². The Hall–Kier alpha value is -4.05. The number of non-ortho nitro benzene ring substituents is 1. The molecule has 2 aromatic carbocycles. The second kappa shape index (κ2) is 9.05. The Morgan fingerprint density at radius 3 is 2.36 bits per heavy atom. The number of amides is 3. The van der Waals surface area contributed by atoms with Gasteiger partial charge in [0.15, 0.2) is 0 Å². The highest BCUT2D eigenvalue weighted by atomic mass is 16.6. The molecule has 0 aliphatic carbocycles. The van der Waals surface area contributed by atoms with Crippen molar-refractivity contribution in [3.63, 3.8) is 0 Å². The largest absolute Gasteiger partial charge is 0.326 e. The number of hydrogen-bond donors (Lipinski definition) is 4. The molecular weight excluding hydrogens is 366 g/mol. The lowest BCUT2D eigenvalue weighted by Gasteiger charge is -2.10. The number of anilines is 1. The van der Waals surface area contributed by atoms with Crippen molar-refractivity contribution in [2.75, 3.05) is 5.32 Å². The number of benzene rings is 2. The molecule has 0 bridgehead atoms. The van der Waals surface area contributed by atoms with Gasteiger partial charge in [0.05, 0.1) is 4.92 Å². The molecule has 144 valence electrons. The molecule has 0 saturated heterocycles. The zero-order valence-electron chi connectivity index (χ0n) is 14.8. The molecule has 0 spiro atoms. The summed E-state index contributed by atoms with van der Waals surface area (Å²) < 4.78 is 0. The van der Waals surface area contributed by atoms with Crippen LogP contribution in [0.4, 0.5) is 11.4 Å². The molecule has 0 atom stereocenters. The molecule has 0 radical (unpaired) electrons. The molecule has 0 aliphatic heterocycles. The average Bonchev–Trinajstić information content (AvgIpc) is 2.67. The number of nitro benzene ring substituents is 1. The van der Waals surface area contributed by atoms with E-state index in [1.54, 1.807) is 0 Å². The number of nitrogens with zero attached hydrogens (tertiary/aromatic N) is 1. The first-order chi connectivity index (χ1) is 13.3. The van der Waals surface area contributed by atoms with E-state index >= 15 is 0 Å². The van der Waals surface area contributed by atoms with Crippen molar-refractivity contribution >= 4 is 35.2 Å². The van der Waals surface area contributed by atoms with Gasteiger partial charge in [-0.15, -0.1) is 0 Å². The van der Waals surface area contributed by atoms with E-state index in [9.17, 15) is 24.5 Å². The quantitative estimate of drug-likeness (QED) is 0.194. The van der Waals surface area contributed by atoms with E-state index in [2.05, 4.69) is 10.6 Å². The Bertz CT molecular complexity index is 953. The normalized spacial score (nSPS) is 10.7. The average molecular weight is 383 g/mol. The topological polar surface area (TPSA) is 156 Å². The van der Waals surface area contributed by atoms with Crippen LogP contribution in [0.2, 0.25) is 0 Å².